The van der Waals surface area contributed by atoms with Gasteiger partial charge in [0.25, 0.3) is 5.91 Å². The SMILES string of the molecule is Cc1ccc(NC(=O)c2nc(Br)n3c2CN(C(=O)O)CC3)cc1. The lowest BCUT2D eigenvalue weighted by Gasteiger charge is -2.26. The van der Waals surface area contributed by atoms with Crippen LogP contribution in [-0.2, 0) is 13.1 Å². The first-order valence-corrected chi connectivity index (χ1v) is 7.86. The van der Waals surface area contributed by atoms with Crippen LogP contribution < -0.4 is 5.32 Å². The van der Waals surface area contributed by atoms with Gasteiger partial charge in [-0.25, -0.2) is 9.78 Å². The maximum atomic E-state index is 12.5. The molecule has 2 aromatic rings. The van der Waals surface area contributed by atoms with Gasteiger partial charge in [-0.2, -0.15) is 0 Å². The van der Waals surface area contributed by atoms with E-state index in [-0.39, 0.29) is 18.1 Å². The molecule has 1 aliphatic rings. The number of hydrogen-bond acceptors (Lipinski definition) is 3. The van der Waals surface area contributed by atoms with E-state index in [2.05, 4.69) is 26.2 Å². The Kier molecular flexibility index (Phi) is 4.08. The molecule has 3 rings (SSSR count). The Morgan fingerprint density at radius 3 is 2.61 bits per heavy atom. The number of hydrogen-bond donors (Lipinski definition) is 2. The fourth-order valence-electron chi connectivity index (χ4n) is 2.50. The van der Waals surface area contributed by atoms with Crippen molar-refractivity contribution in [3.8, 4) is 0 Å². The van der Waals surface area contributed by atoms with Crippen LogP contribution in [0.5, 0.6) is 0 Å². The van der Waals surface area contributed by atoms with E-state index >= 15 is 0 Å². The van der Waals surface area contributed by atoms with Gasteiger partial charge in [0.2, 0.25) is 0 Å². The average molecular weight is 379 g/mol. The highest BCUT2D eigenvalue weighted by atomic mass is 79.9. The summed E-state index contributed by atoms with van der Waals surface area (Å²) in [5.74, 6) is -0.351. The molecule has 0 bridgehead atoms. The third-order valence-electron chi connectivity index (χ3n) is 3.76. The molecule has 2 amide bonds. The van der Waals surface area contributed by atoms with Crippen LogP contribution in [0.2, 0.25) is 0 Å². The summed E-state index contributed by atoms with van der Waals surface area (Å²) in [5.41, 5.74) is 2.60. The summed E-state index contributed by atoms with van der Waals surface area (Å²) in [6.07, 6.45) is -1.00. The maximum absolute atomic E-state index is 12.5. The molecular weight excluding hydrogens is 364 g/mol. The molecule has 8 heteroatoms. The second kappa shape index (κ2) is 6.04. The van der Waals surface area contributed by atoms with E-state index in [0.29, 0.717) is 29.2 Å². The first kappa shape index (κ1) is 15.5. The molecule has 1 aromatic carbocycles. The zero-order chi connectivity index (χ0) is 16.6. The van der Waals surface area contributed by atoms with Gasteiger partial charge in [0, 0.05) is 18.8 Å². The zero-order valence-electron chi connectivity index (χ0n) is 12.4. The van der Waals surface area contributed by atoms with Crippen molar-refractivity contribution in [3.63, 3.8) is 0 Å². The van der Waals surface area contributed by atoms with Crippen molar-refractivity contribution in [1.82, 2.24) is 14.5 Å². The molecule has 0 fully saturated rings. The van der Waals surface area contributed by atoms with Gasteiger partial charge in [-0.05, 0) is 35.0 Å². The highest BCUT2D eigenvalue weighted by Crippen LogP contribution is 2.23. The Bertz CT molecular complexity index is 770. The van der Waals surface area contributed by atoms with Crippen LogP contribution in [0.1, 0.15) is 21.7 Å². The molecule has 23 heavy (non-hydrogen) atoms. The van der Waals surface area contributed by atoms with Gasteiger partial charge in [0.05, 0.1) is 12.2 Å². The molecule has 0 saturated heterocycles. The van der Waals surface area contributed by atoms with Gasteiger partial charge in [-0.3, -0.25) is 4.79 Å². The Balaban J connectivity index is 1.87. The number of nitrogens with one attached hydrogen (secondary N) is 1. The first-order valence-electron chi connectivity index (χ1n) is 7.06. The van der Waals surface area contributed by atoms with E-state index in [1.807, 2.05) is 35.8 Å². The molecule has 0 saturated carbocycles. The zero-order valence-corrected chi connectivity index (χ0v) is 14.0. The van der Waals surface area contributed by atoms with Crippen LogP contribution in [0.15, 0.2) is 29.0 Å². The van der Waals surface area contributed by atoms with Crippen LogP contribution in [0.25, 0.3) is 0 Å². The summed E-state index contributed by atoms with van der Waals surface area (Å²) in [6, 6.07) is 7.43. The maximum Gasteiger partial charge on any atom is 0.407 e. The largest absolute Gasteiger partial charge is 0.465 e. The van der Waals surface area contributed by atoms with Gasteiger partial charge >= 0.3 is 6.09 Å². The van der Waals surface area contributed by atoms with E-state index in [4.69, 9.17) is 5.11 Å². The van der Waals surface area contributed by atoms with E-state index in [9.17, 15) is 9.59 Å². The number of amides is 2. The molecule has 120 valence electrons. The number of fused-ring (bicyclic) bond motifs is 1. The van der Waals surface area contributed by atoms with Gasteiger partial charge < -0.3 is 19.9 Å². The normalized spacial score (nSPS) is 13.6. The number of halogens is 1. The predicted octanol–water partition coefficient (Wildman–Crippen LogP) is 2.70. The fourth-order valence-corrected chi connectivity index (χ4v) is 3.07. The van der Waals surface area contributed by atoms with Crippen molar-refractivity contribution in [1.29, 1.82) is 0 Å². The molecule has 0 spiro atoms. The van der Waals surface area contributed by atoms with Crippen LogP contribution >= 0.6 is 15.9 Å². The lowest BCUT2D eigenvalue weighted by Crippen LogP contribution is -2.38. The Morgan fingerprint density at radius 1 is 1.26 bits per heavy atom. The minimum Gasteiger partial charge on any atom is -0.465 e. The number of carbonyl (C=O) groups excluding carboxylic acids is 1. The molecule has 2 heterocycles. The number of aromatic nitrogens is 2. The molecular formula is C15H15BrN4O3. The Morgan fingerprint density at radius 2 is 1.96 bits per heavy atom. The number of anilines is 1. The second-order valence-corrected chi connectivity index (χ2v) is 6.06. The highest BCUT2D eigenvalue weighted by molar-refractivity contribution is 9.10. The van der Waals surface area contributed by atoms with Crippen LogP contribution in [0.3, 0.4) is 0 Å². The van der Waals surface area contributed by atoms with Crippen molar-refractivity contribution in [3.05, 3.63) is 46.0 Å². The van der Waals surface area contributed by atoms with E-state index < -0.39 is 6.09 Å². The molecule has 7 nitrogen and oxygen atoms in total. The lowest BCUT2D eigenvalue weighted by molar-refractivity contribution is 0.101. The van der Waals surface area contributed by atoms with E-state index in [1.54, 1.807) is 0 Å². The number of imidazole rings is 1. The van der Waals surface area contributed by atoms with Crippen LogP contribution in [-0.4, -0.2) is 38.1 Å². The number of aryl methyl sites for hydroxylation is 1. The Hall–Kier alpha value is -2.35. The minimum absolute atomic E-state index is 0.143. The van der Waals surface area contributed by atoms with Crippen molar-refractivity contribution < 1.29 is 14.7 Å². The van der Waals surface area contributed by atoms with Gasteiger partial charge in [0.15, 0.2) is 10.4 Å². The van der Waals surface area contributed by atoms with E-state index in [1.165, 1.54) is 4.90 Å². The summed E-state index contributed by atoms with van der Waals surface area (Å²) >= 11 is 3.33. The quantitative estimate of drug-likeness (QED) is 0.840. The molecule has 1 aromatic heterocycles. The number of nitrogens with zero attached hydrogens (tertiary/aromatic N) is 3. The minimum atomic E-state index is -1.00. The second-order valence-electron chi connectivity index (χ2n) is 5.35. The third-order valence-corrected chi connectivity index (χ3v) is 4.36. The number of carboxylic acid groups (broad SMARTS) is 1. The Labute approximate surface area is 141 Å². The predicted molar refractivity (Wildman–Crippen MR) is 87.5 cm³/mol. The summed E-state index contributed by atoms with van der Waals surface area (Å²) in [5, 5.41) is 11.9. The fraction of sp³-hybridized carbons (Fsp3) is 0.267. The molecule has 0 radical (unpaired) electrons. The summed E-state index contributed by atoms with van der Waals surface area (Å²) < 4.78 is 2.36. The van der Waals surface area contributed by atoms with Gasteiger partial charge in [-0.15, -0.1) is 0 Å². The first-order chi connectivity index (χ1) is 11.0. The summed E-state index contributed by atoms with van der Waals surface area (Å²) in [7, 11) is 0. The average Bonchev–Trinajstić information content (AvgIpc) is 2.86. The molecule has 1 aliphatic heterocycles. The van der Waals surface area contributed by atoms with Crippen molar-refractivity contribution >= 4 is 33.6 Å². The van der Waals surface area contributed by atoms with Gasteiger partial charge in [0.1, 0.15) is 0 Å². The van der Waals surface area contributed by atoms with Crippen molar-refractivity contribution in [2.24, 2.45) is 0 Å². The number of benzene rings is 1. The molecule has 2 N–H and O–H groups in total. The monoisotopic (exact) mass is 378 g/mol. The highest BCUT2D eigenvalue weighted by Gasteiger charge is 2.28. The summed E-state index contributed by atoms with van der Waals surface area (Å²) in [6.45, 7) is 2.95. The van der Waals surface area contributed by atoms with Crippen LogP contribution in [0, 0.1) is 6.92 Å². The topological polar surface area (TPSA) is 87.5 Å². The smallest absolute Gasteiger partial charge is 0.407 e. The third kappa shape index (κ3) is 3.07. The van der Waals surface area contributed by atoms with Crippen molar-refractivity contribution in [2.45, 2.75) is 20.0 Å². The van der Waals surface area contributed by atoms with E-state index in [0.717, 1.165) is 5.56 Å². The van der Waals surface area contributed by atoms with Crippen molar-refractivity contribution in [2.75, 3.05) is 11.9 Å². The molecule has 0 unspecified atom stereocenters. The number of rotatable bonds is 2. The lowest BCUT2D eigenvalue weighted by atomic mass is 10.2. The molecule has 0 aliphatic carbocycles. The number of carbonyl (C=O) groups is 2. The molecule has 0 atom stereocenters. The standard InChI is InChI=1S/C15H15BrN4O3/c1-9-2-4-10(5-3-9)17-13(21)12-11-8-19(15(22)23)6-7-20(11)14(16)18-12/h2-5H,6-8H2,1H3,(H,17,21)(H,22,23). The summed E-state index contributed by atoms with van der Waals surface area (Å²) in [4.78, 5) is 29.2. The van der Waals surface area contributed by atoms with Crippen LogP contribution in [0.4, 0.5) is 10.5 Å². The van der Waals surface area contributed by atoms with Gasteiger partial charge in [-0.1, -0.05) is 17.7 Å².